The summed E-state index contributed by atoms with van der Waals surface area (Å²) in [5, 5.41) is 14.0. The summed E-state index contributed by atoms with van der Waals surface area (Å²) < 4.78 is 0. The third-order valence-corrected chi connectivity index (χ3v) is 3.88. The smallest absolute Gasteiger partial charge is 0.291 e. The molecular weight excluding hydrogens is 381 g/mol. The van der Waals surface area contributed by atoms with Gasteiger partial charge >= 0.3 is 0 Å². The van der Waals surface area contributed by atoms with E-state index in [0.29, 0.717) is 5.56 Å². The number of hydrogen-bond acceptors (Lipinski definition) is 6. The summed E-state index contributed by atoms with van der Waals surface area (Å²) in [6.45, 7) is 0. The van der Waals surface area contributed by atoms with E-state index in [1.807, 2.05) is 0 Å². The van der Waals surface area contributed by atoms with Gasteiger partial charge in [0.05, 0.1) is 21.8 Å². The van der Waals surface area contributed by atoms with Crippen molar-refractivity contribution in [1.82, 2.24) is 10.4 Å². The summed E-state index contributed by atoms with van der Waals surface area (Å²) in [5.41, 5.74) is 7.76. The molecule has 0 unspecified atom stereocenters. The van der Waals surface area contributed by atoms with Gasteiger partial charge in [-0.25, -0.2) is 10.4 Å². The third kappa shape index (κ3) is 3.91. The van der Waals surface area contributed by atoms with Gasteiger partial charge in [0.15, 0.2) is 10.8 Å². The first-order valence-corrected chi connectivity index (χ1v) is 7.32. The number of nitro benzene ring substituents is 1. The lowest BCUT2D eigenvalue weighted by molar-refractivity contribution is -0.384. The summed E-state index contributed by atoms with van der Waals surface area (Å²) in [6.07, 6.45) is 1.22. The fourth-order valence-electron chi connectivity index (χ4n) is 1.62. The van der Waals surface area contributed by atoms with Gasteiger partial charge in [0.2, 0.25) is 0 Å². The number of aromatic nitrogens is 1. The standard InChI is InChI=1S/C13H8Cl3N5O3/c14-8-10(17)9(15)12(16)19-11(8)13(22)20-18-5-6-2-1-3-7(4-6)21(23)24/h1-5H,(H2,17,19)(H,20,22). The SMILES string of the molecule is Nc1c(Cl)c(Cl)nc(C(=O)NN=Cc2cccc([N+](=O)[O-])c2)c1Cl. The Bertz CT molecular complexity index is 857. The lowest BCUT2D eigenvalue weighted by Gasteiger charge is -2.07. The first kappa shape index (κ1) is 17.9. The molecule has 3 N–H and O–H groups in total. The van der Waals surface area contributed by atoms with Gasteiger partial charge in [-0.3, -0.25) is 14.9 Å². The van der Waals surface area contributed by atoms with Crippen LogP contribution in [-0.2, 0) is 0 Å². The van der Waals surface area contributed by atoms with Crippen molar-refractivity contribution >= 4 is 58.3 Å². The summed E-state index contributed by atoms with van der Waals surface area (Å²) in [7, 11) is 0. The van der Waals surface area contributed by atoms with Crippen LogP contribution >= 0.6 is 34.8 Å². The molecule has 2 aromatic rings. The number of nitrogens with zero attached hydrogens (tertiary/aromatic N) is 3. The van der Waals surface area contributed by atoms with E-state index in [9.17, 15) is 14.9 Å². The van der Waals surface area contributed by atoms with Crippen LogP contribution in [0.1, 0.15) is 16.1 Å². The predicted octanol–water partition coefficient (Wildman–Crippen LogP) is 3.30. The van der Waals surface area contributed by atoms with Gasteiger partial charge in [0.25, 0.3) is 11.6 Å². The van der Waals surface area contributed by atoms with E-state index in [2.05, 4.69) is 15.5 Å². The maximum Gasteiger partial charge on any atom is 0.291 e. The van der Waals surface area contributed by atoms with E-state index in [0.717, 1.165) is 0 Å². The van der Waals surface area contributed by atoms with Crippen molar-refractivity contribution < 1.29 is 9.72 Å². The highest BCUT2D eigenvalue weighted by Gasteiger charge is 2.19. The van der Waals surface area contributed by atoms with E-state index < -0.39 is 10.8 Å². The zero-order valence-corrected chi connectivity index (χ0v) is 13.9. The van der Waals surface area contributed by atoms with Crippen LogP contribution < -0.4 is 11.2 Å². The van der Waals surface area contributed by atoms with Crippen molar-refractivity contribution in [2.75, 3.05) is 5.73 Å². The maximum absolute atomic E-state index is 12.0. The lowest BCUT2D eigenvalue weighted by atomic mass is 10.2. The van der Waals surface area contributed by atoms with Crippen molar-refractivity contribution in [3.05, 3.63) is 60.8 Å². The fourth-order valence-corrected chi connectivity index (χ4v) is 2.21. The molecule has 0 saturated heterocycles. The second-order valence-electron chi connectivity index (χ2n) is 4.34. The van der Waals surface area contributed by atoms with E-state index in [4.69, 9.17) is 40.5 Å². The molecule has 0 atom stereocenters. The molecule has 2 rings (SSSR count). The monoisotopic (exact) mass is 387 g/mol. The number of amides is 1. The molecule has 0 spiro atoms. The number of hydrazone groups is 1. The average Bonchev–Trinajstić information content (AvgIpc) is 2.56. The summed E-state index contributed by atoms with van der Waals surface area (Å²) in [5.74, 6) is -0.771. The van der Waals surface area contributed by atoms with Crippen molar-refractivity contribution in [2.24, 2.45) is 5.10 Å². The maximum atomic E-state index is 12.0. The Balaban J connectivity index is 2.17. The van der Waals surface area contributed by atoms with Crippen LogP contribution in [-0.4, -0.2) is 22.0 Å². The highest BCUT2D eigenvalue weighted by Crippen LogP contribution is 2.34. The summed E-state index contributed by atoms with van der Waals surface area (Å²) >= 11 is 17.4. The molecule has 124 valence electrons. The second-order valence-corrected chi connectivity index (χ2v) is 5.46. The molecule has 1 amide bonds. The van der Waals surface area contributed by atoms with Gasteiger partial charge in [0.1, 0.15) is 5.02 Å². The largest absolute Gasteiger partial charge is 0.396 e. The molecule has 24 heavy (non-hydrogen) atoms. The zero-order chi connectivity index (χ0) is 17.9. The number of halogens is 3. The van der Waals surface area contributed by atoms with Crippen LogP contribution in [0.5, 0.6) is 0 Å². The Hall–Kier alpha value is -2.42. The number of nitrogens with one attached hydrogen (secondary N) is 1. The van der Waals surface area contributed by atoms with Gasteiger partial charge in [-0.15, -0.1) is 0 Å². The Morgan fingerprint density at radius 2 is 2.04 bits per heavy atom. The minimum absolute atomic E-state index is 0.0571. The minimum Gasteiger partial charge on any atom is -0.396 e. The molecule has 8 nitrogen and oxygen atoms in total. The van der Waals surface area contributed by atoms with Crippen LogP contribution in [0.15, 0.2) is 29.4 Å². The average molecular weight is 389 g/mol. The molecular formula is C13H8Cl3N5O3. The zero-order valence-electron chi connectivity index (χ0n) is 11.7. The highest BCUT2D eigenvalue weighted by molar-refractivity contribution is 6.46. The number of hydrogen-bond donors (Lipinski definition) is 2. The van der Waals surface area contributed by atoms with Crippen LogP contribution in [0, 0.1) is 10.1 Å². The molecule has 0 fully saturated rings. The number of carbonyl (C=O) groups excluding carboxylic acids is 1. The van der Waals surface area contributed by atoms with Gasteiger partial charge in [0, 0.05) is 17.7 Å². The van der Waals surface area contributed by atoms with Crippen LogP contribution in [0.3, 0.4) is 0 Å². The third-order valence-electron chi connectivity index (χ3n) is 2.75. The summed E-state index contributed by atoms with van der Waals surface area (Å²) in [6, 6.07) is 5.68. The molecule has 1 heterocycles. The van der Waals surface area contributed by atoms with E-state index in [-0.39, 0.29) is 32.3 Å². The number of carbonyl (C=O) groups is 1. The Labute approximate surface area is 150 Å². The molecule has 0 saturated carbocycles. The number of pyridine rings is 1. The Kier molecular flexibility index (Phi) is 5.55. The van der Waals surface area contributed by atoms with E-state index >= 15 is 0 Å². The van der Waals surface area contributed by atoms with Crippen molar-refractivity contribution in [1.29, 1.82) is 0 Å². The molecule has 0 aliphatic rings. The normalized spacial score (nSPS) is 10.8. The number of nitrogen functional groups attached to an aromatic ring is 1. The predicted molar refractivity (Wildman–Crippen MR) is 91.8 cm³/mol. The van der Waals surface area contributed by atoms with Crippen molar-refractivity contribution in [2.45, 2.75) is 0 Å². The second kappa shape index (κ2) is 7.43. The Morgan fingerprint density at radius 3 is 2.71 bits per heavy atom. The number of non-ortho nitro benzene ring substituents is 1. The van der Waals surface area contributed by atoms with E-state index in [1.165, 1.54) is 24.4 Å². The van der Waals surface area contributed by atoms with Crippen LogP contribution in [0.25, 0.3) is 0 Å². The molecule has 1 aromatic heterocycles. The molecule has 0 aliphatic heterocycles. The fraction of sp³-hybridized carbons (Fsp3) is 0. The van der Waals surface area contributed by atoms with Crippen LogP contribution in [0.4, 0.5) is 11.4 Å². The molecule has 11 heteroatoms. The van der Waals surface area contributed by atoms with Gasteiger partial charge < -0.3 is 5.73 Å². The van der Waals surface area contributed by atoms with E-state index in [1.54, 1.807) is 6.07 Å². The summed E-state index contributed by atoms with van der Waals surface area (Å²) in [4.78, 5) is 25.9. The van der Waals surface area contributed by atoms with Gasteiger partial charge in [-0.2, -0.15) is 5.10 Å². The quantitative estimate of drug-likeness (QED) is 0.360. The number of rotatable bonds is 4. The van der Waals surface area contributed by atoms with Crippen LogP contribution in [0.2, 0.25) is 15.2 Å². The minimum atomic E-state index is -0.771. The molecule has 0 bridgehead atoms. The topological polar surface area (TPSA) is 124 Å². The Morgan fingerprint density at radius 1 is 1.33 bits per heavy atom. The van der Waals surface area contributed by atoms with Gasteiger partial charge in [-0.1, -0.05) is 46.9 Å². The number of nitro groups is 1. The molecule has 0 radical (unpaired) electrons. The number of benzene rings is 1. The van der Waals surface area contributed by atoms with Gasteiger partial charge in [-0.05, 0) is 0 Å². The lowest BCUT2D eigenvalue weighted by Crippen LogP contribution is -2.20. The first-order valence-electron chi connectivity index (χ1n) is 6.19. The highest BCUT2D eigenvalue weighted by atomic mass is 35.5. The molecule has 0 aliphatic carbocycles. The number of nitrogens with two attached hydrogens (primary N) is 1. The van der Waals surface area contributed by atoms with Crippen molar-refractivity contribution in [3.8, 4) is 0 Å². The molecule has 1 aromatic carbocycles. The first-order chi connectivity index (χ1) is 11.3. The number of anilines is 1. The van der Waals surface area contributed by atoms with Crippen molar-refractivity contribution in [3.63, 3.8) is 0 Å².